The van der Waals surface area contributed by atoms with Crippen LogP contribution in [0.2, 0.25) is 10.1 Å². The molecular weight excluding hydrogens is 707 g/mol. The second-order valence-corrected chi connectivity index (χ2v) is 17.7. The molecule has 0 spiro atoms. The van der Waals surface area contributed by atoms with Crippen LogP contribution in [0.4, 0.5) is 18.0 Å². The van der Waals surface area contributed by atoms with Gasteiger partial charge < -0.3 is 25.1 Å². The van der Waals surface area contributed by atoms with Crippen molar-refractivity contribution in [1.29, 1.82) is 0 Å². The average Bonchev–Trinajstić information content (AvgIpc) is 3.09. The highest BCUT2D eigenvalue weighted by atomic mass is 35.5. The molecule has 4 aromatic carbocycles. The van der Waals surface area contributed by atoms with Crippen molar-refractivity contribution in [2.45, 2.75) is 55.4 Å². The second kappa shape index (κ2) is 15.3. The largest absolute Gasteiger partial charge is 0.493 e. The summed E-state index contributed by atoms with van der Waals surface area (Å²) in [7, 11) is -3.44. The molecule has 0 aliphatic rings. The number of hydrogen-bond acceptors (Lipinski definition) is 8. The molecule has 0 unspecified atom stereocenters. The van der Waals surface area contributed by atoms with Gasteiger partial charge in [0.05, 0.1) is 26.4 Å². The Morgan fingerprint density at radius 2 is 1.50 bits per heavy atom. The lowest BCUT2D eigenvalue weighted by Crippen LogP contribution is -2.65. The van der Waals surface area contributed by atoms with E-state index in [1.165, 1.54) is 0 Å². The molecule has 262 valence electrons. The van der Waals surface area contributed by atoms with Crippen LogP contribution < -0.4 is 15.7 Å². The van der Waals surface area contributed by atoms with Gasteiger partial charge >= 0.3 is 18.3 Å². The first-order chi connectivity index (χ1) is 23.7. The fourth-order valence-electron chi connectivity index (χ4n) is 5.86. The van der Waals surface area contributed by atoms with Gasteiger partial charge in [-0.05, 0) is 39.9 Å². The van der Waals surface area contributed by atoms with Crippen molar-refractivity contribution in [2.24, 2.45) is 0 Å². The van der Waals surface area contributed by atoms with E-state index in [0.29, 0.717) is 12.5 Å². The molecule has 0 aliphatic heterocycles. The molecule has 1 atom stereocenters. The molecule has 8 nitrogen and oxygen atoms in total. The molecule has 0 saturated carbocycles. The summed E-state index contributed by atoms with van der Waals surface area (Å²) in [5.74, 6) is -0.849. The van der Waals surface area contributed by atoms with E-state index in [9.17, 15) is 33.0 Å². The lowest BCUT2D eigenvalue weighted by atomic mass is 10.0. The molecule has 5 rings (SSSR count). The summed E-state index contributed by atoms with van der Waals surface area (Å²) in [5.41, 5.74) is -0.634. The maximum atomic E-state index is 14.0. The molecule has 4 N–H and O–H groups in total. The number of nitrogens with one attached hydrogen (secondary N) is 1. The Morgan fingerprint density at radius 3 is 2.06 bits per heavy atom. The fourth-order valence-corrected chi connectivity index (χ4v) is 11.2. The third-order valence-corrected chi connectivity index (χ3v) is 14.9. The van der Waals surface area contributed by atoms with Crippen molar-refractivity contribution in [3.8, 4) is 11.9 Å². The first kappa shape index (κ1) is 37.0. The Kier molecular flexibility index (Phi) is 11.3. The van der Waals surface area contributed by atoms with Gasteiger partial charge in [-0.25, -0.2) is 4.79 Å². The maximum Gasteiger partial charge on any atom is 0.417 e. The van der Waals surface area contributed by atoms with Gasteiger partial charge in [-0.15, -0.1) is 11.8 Å². The van der Waals surface area contributed by atoms with Crippen LogP contribution in [-0.2, 0) is 17.5 Å². The van der Waals surface area contributed by atoms with Gasteiger partial charge in [0.25, 0.3) is 8.32 Å². The van der Waals surface area contributed by atoms with Crippen molar-refractivity contribution >= 4 is 59.0 Å². The first-order valence-electron chi connectivity index (χ1n) is 15.6. The molecule has 14 heteroatoms. The number of aromatic hydroxyl groups is 2. The number of carbonyl (C=O) groups is 1. The van der Waals surface area contributed by atoms with Gasteiger partial charge in [-0.3, -0.25) is 0 Å². The Morgan fingerprint density at radius 1 is 0.940 bits per heavy atom. The number of amides is 1. The number of ether oxygens (including phenoxy) is 1. The van der Waals surface area contributed by atoms with E-state index in [1.54, 1.807) is 12.1 Å². The molecule has 0 bridgehead atoms. The summed E-state index contributed by atoms with van der Waals surface area (Å²) >= 11 is 7.20. The number of carbonyl (C=O) groups excluding carboxylic acids is 1. The fraction of sp³-hybridized carbons (Fsp3) is 0.250. The number of halogens is 4. The SMILES string of the molecule is CC(C)(CC[C@@H](CSc1c(Cl)c(C(F)(F)F)cc2c(O)nc(O)nc12)NC(=O)OCc1ccccc1)[Si](O)(c1ccccc1)c1ccccc1. The molecule has 50 heavy (non-hydrogen) atoms. The molecule has 1 aromatic heterocycles. The molecule has 0 radical (unpaired) electrons. The van der Waals surface area contributed by atoms with E-state index in [-0.39, 0.29) is 34.6 Å². The Bertz CT molecular complexity index is 1900. The number of thioether (sulfide) groups is 1. The summed E-state index contributed by atoms with van der Waals surface area (Å²) in [5, 5.41) is 23.0. The molecule has 0 fully saturated rings. The van der Waals surface area contributed by atoms with E-state index in [0.717, 1.165) is 27.7 Å². The zero-order chi connectivity index (χ0) is 36.1. The van der Waals surface area contributed by atoms with Gasteiger partial charge in [0.2, 0.25) is 5.88 Å². The zero-order valence-corrected chi connectivity index (χ0v) is 29.7. The topological polar surface area (TPSA) is 125 Å². The number of alkyl halides is 3. The van der Waals surface area contributed by atoms with Crippen LogP contribution in [0.5, 0.6) is 11.9 Å². The van der Waals surface area contributed by atoms with Crippen molar-refractivity contribution < 1.29 is 37.7 Å². The normalized spacial score (nSPS) is 12.9. The minimum absolute atomic E-state index is 0.00513. The van der Waals surface area contributed by atoms with Gasteiger partial charge in [-0.2, -0.15) is 23.1 Å². The predicted octanol–water partition coefficient (Wildman–Crippen LogP) is 7.41. The van der Waals surface area contributed by atoms with Crippen LogP contribution in [0.15, 0.2) is 102 Å². The standard InChI is InChI=1S/C36H35ClF3N3O5SSi/c1-35(2,50(47,25-14-8-4-9-15-25)26-16-10-5-11-17-26)19-18-24(41-34(46)48-21-23-12-6-3-7-13-23)22-49-31-29(37)28(36(38,39)40)20-27-30(31)42-33(45)43-32(27)44/h3-17,20,24,47H,18-19,21-22H2,1-2H3,(H,41,46)(H2,42,43,44,45)/t24-/m0/s1. The second-order valence-electron chi connectivity index (χ2n) is 12.4. The highest BCUT2D eigenvalue weighted by Gasteiger charge is 2.49. The summed E-state index contributed by atoms with van der Waals surface area (Å²) < 4.78 is 47.6. The molecular formula is C36H35ClF3N3O5SSi. The molecule has 0 saturated heterocycles. The van der Waals surface area contributed by atoms with Crippen molar-refractivity contribution in [3.63, 3.8) is 0 Å². The van der Waals surface area contributed by atoms with Crippen molar-refractivity contribution in [2.75, 3.05) is 5.75 Å². The summed E-state index contributed by atoms with van der Waals surface area (Å²) in [6.45, 7) is 3.93. The van der Waals surface area contributed by atoms with Crippen LogP contribution >= 0.6 is 23.4 Å². The number of rotatable bonds is 12. The Balaban J connectivity index is 1.47. The predicted molar refractivity (Wildman–Crippen MR) is 191 cm³/mol. The maximum absolute atomic E-state index is 14.0. The van der Waals surface area contributed by atoms with Crippen LogP contribution in [0.25, 0.3) is 10.9 Å². The van der Waals surface area contributed by atoms with Crippen molar-refractivity contribution in [3.05, 3.63) is 113 Å². The Hall–Kier alpha value is -4.30. The Labute approximate surface area is 297 Å². The number of alkyl carbamates (subject to hydrolysis) is 1. The highest BCUT2D eigenvalue weighted by molar-refractivity contribution is 7.99. The van der Waals surface area contributed by atoms with Crippen molar-refractivity contribution in [1.82, 2.24) is 15.3 Å². The highest BCUT2D eigenvalue weighted by Crippen LogP contribution is 2.46. The minimum Gasteiger partial charge on any atom is -0.493 e. The minimum atomic E-state index is -4.88. The summed E-state index contributed by atoms with van der Waals surface area (Å²) in [4.78, 5) is 32.9. The van der Waals surface area contributed by atoms with Gasteiger partial charge in [-0.1, -0.05) is 116 Å². The lowest BCUT2D eigenvalue weighted by Gasteiger charge is -2.42. The molecule has 1 amide bonds. The monoisotopic (exact) mass is 741 g/mol. The number of benzene rings is 4. The third-order valence-electron chi connectivity index (χ3n) is 8.60. The number of nitrogens with zero attached hydrogens (tertiary/aromatic N) is 2. The average molecular weight is 742 g/mol. The molecule has 5 aromatic rings. The molecule has 1 heterocycles. The van der Waals surface area contributed by atoms with Crippen LogP contribution in [-0.4, -0.2) is 51.2 Å². The third kappa shape index (κ3) is 8.18. The van der Waals surface area contributed by atoms with E-state index >= 15 is 0 Å². The van der Waals surface area contributed by atoms with Gasteiger partial charge in [0.15, 0.2) is 0 Å². The smallest absolute Gasteiger partial charge is 0.417 e. The van der Waals surface area contributed by atoms with Gasteiger partial charge in [0, 0.05) is 11.8 Å². The first-order valence-corrected chi connectivity index (χ1v) is 18.9. The van der Waals surface area contributed by atoms with Crippen LogP contribution in [0.3, 0.4) is 0 Å². The van der Waals surface area contributed by atoms with E-state index in [4.69, 9.17) is 16.3 Å². The zero-order valence-electron chi connectivity index (χ0n) is 27.1. The van der Waals surface area contributed by atoms with Gasteiger partial charge in [0.1, 0.15) is 6.61 Å². The summed E-state index contributed by atoms with van der Waals surface area (Å²) in [6.07, 6.45) is -4.94. The van der Waals surface area contributed by atoms with E-state index < -0.39 is 54.1 Å². The quantitative estimate of drug-likeness (QED) is 0.0770. The summed E-state index contributed by atoms with van der Waals surface area (Å²) in [6, 6.07) is 27.0. The van der Waals surface area contributed by atoms with E-state index in [1.807, 2.05) is 92.7 Å². The van der Waals surface area contributed by atoms with Crippen LogP contribution in [0.1, 0.15) is 37.8 Å². The number of fused-ring (bicyclic) bond motifs is 1. The lowest BCUT2D eigenvalue weighted by molar-refractivity contribution is -0.137. The number of aromatic nitrogens is 2. The van der Waals surface area contributed by atoms with Crippen LogP contribution in [0, 0.1) is 0 Å². The van der Waals surface area contributed by atoms with E-state index in [2.05, 4.69) is 15.3 Å². The number of hydrogen-bond donors (Lipinski definition) is 4. The molecule has 0 aliphatic carbocycles.